The van der Waals surface area contributed by atoms with E-state index in [1.54, 1.807) is 7.05 Å². The minimum Gasteiger partial charge on any atom is -0.324 e. The van der Waals surface area contributed by atoms with Crippen molar-refractivity contribution in [2.24, 2.45) is 12.8 Å². The molecular weight excluding hydrogens is 226 g/mol. The molecule has 1 atom stereocenters. The van der Waals surface area contributed by atoms with Gasteiger partial charge in [0.05, 0.1) is 7.05 Å². The van der Waals surface area contributed by atoms with Gasteiger partial charge in [-0.25, -0.2) is 0 Å². The average Bonchev–Trinajstić information content (AvgIpc) is 2.62. The maximum atomic E-state index is 6.27. The van der Waals surface area contributed by atoms with Gasteiger partial charge in [-0.1, -0.05) is 17.7 Å². The van der Waals surface area contributed by atoms with Gasteiger partial charge in [-0.05, 0) is 42.7 Å². The summed E-state index contributed by atoms with van der Waals surface area (Å²) in [4.78, 5) is 1.46. The van der Waals surface area contributed by atoms with E-state index < -0.39 is 0 Å². The van der Waals surface area contributed by atoms with Crippen molar-refractivity contribution < 1.29 is 0 Å². The molecule has 2 N–H and O–H groups in total. The lowest BCUT2D eigenvalue weighted by atomic mass is 9.93. The van der Waals surface area contributed by atoms with Crippen LogP contribution in [0.25, 0.3) is 0 Å². The van der Waals surface area contributed by atoms with Gasteiger partial charge in [-0.2, -0.15) is 4.80 Å². The smallest absolute Gasteiger partial charge is 0.176 e. The summed E-state index contributed by atoms with van der Waals surface area (Å²) >= 11 is 0. The summed E-state index contributed by atoms with van der Waals surface area (Å²) in [5.41, 5.74) is 11.2. The van der Waals surface area contributed by atoms with Crippen LogP contribution >= 0.6 is 0 Å². The minimum atomic E-state index is -0.0881. The van der Waals surface area contributed by atoms with Gasteiger partial charge >= 0.3 is 0 Å². The third-order valence-corrected chi connectivity index (χ3v) is 3.06. The molecule has 0 fully saturated rings. The molecule has 1 aromatic heterocycles. The molecule has 0 aliphatic carbocycles. The number of hydrogen-bond donors (Lipinski definition) is 1. The Kier molecular flexibility index (Phi) is 3.43. The topological polar surface area (TPSA) is 69.6 Å². The van der Waals surface area contributed by atoms with E-state index >= 15 is 0 Å². The number of aromatic nitrogens is 4. The Morgan fingerprint density at radius 3 is 2.33 bits per heavy atom. The molecule has 1 aromatic carbocycles. The fourth-order valence-electron chi connectivity index (χ4n) is 2.48. The van der Waals surface area contributed by atoms with Crippen LogP contribution in [0.3, 0.4) is 0 Å². The third-order valence-electron chi connectivity index (χ3n) is 3.06. The van der Waals surface area contributed by atoms with Gasteiger partial charge in [0.25, 0.3) is 0 Å². The monoisotopic (exact) mass is 245 g/mol. The largest absolute Gasteiger partial charge is 0.324 e. The lowest BCUT2D eigenvalue weighted by molar-refractivity contribution is 0.622. The van der Waals surface area contributed by atoms with Crippen LogP contribution in [0.1, 0.15) is 34.1 Å². The number of aryl methyl sites for hydroxylation is 4. The molecule has 1 unspecified atom stereocenters. The summed E-state index contributed by atoms with van der Waals surface area (Å²) in [5, 5.41) is 12.0. The van der Waals surface area contributed by atoms with Crippen molar-refractivity contribution in [1.82, 2.24) is 20.2 Å². The van der Waals surface area contributed by atoms with Crippen molar-refractivity contribution >= 4 is 0 Å². The highest BCUT2D eigenvalue weighted by Crippen LogP contribution is 2.23. The molecule has 18 heavy (non-hydrogen) atoms. The van der Waals surface area contributed by atoms with Gasteiger partial charge < -0.3 is 5.73 Å². The van der Waals surface area contributed by atoms with Gasteiger partial charge in [0.15, 0.2) is 5.82 Å². The van der Waals surface area contributed by atoms with Crippen molar-refractivity contribution in [1.29, 1.82) is 0 Å². The second-order valence-corrected chi connectivity index (χ2v) is 4.82. The van der Waals surface area contributed by atoms with Gasteiger partial charge in [0.2, 0.25) is 0 Å². The first kappa shape index (κ1) is 12.7. The van der Waals surface area contributed by atoms with Crippen LogP contribution in [-0.2, 0) is 13.5 Å². The fraction of sp³-hybridized carbons (Fsp3) is 0.462. The van der Waals surface area contributed by atoms with Gasteiger partial charge in [0, 0.05) is 12.5 Å². The van der Waals surface area contributed by atoms with Crippen molar-refractivity contribution in [3.05, 3.63) is 40.2 Å². The van der Waals surface area contributed by atoms with E-state index in [1.807, 2.05) is 0 Å². The summed E-state index contributed by atoms with van der Waals surface area (Å²) in [5.74, 6) is 0.685. The SMILES string of the molecule is Cc1cc(C)c(C(N)Cc2nnn(C)n2)c(C)c1. The summed E-state index contributed by atoms with van der Waals surface area (Å²) in [7, 11) is 1.75. The summed E-state index contributed by atoms with van der Waals surface area (Å²) in [6, 6.07) is 4.23. The molecule has 96 valence electrons. The zero-order valence-corrected chi connectivity index (χ0v) is 11.3. The molecule has 1 heterocycles. The predicted molar refractivity (Wildman–Crippen MR) is 70.1 cm³/mol. The summed E-state index contributed by atoms with van der Waals surface area (Å²) < 4.78 is 0. The number of nitrogens with zero attached hydrogens (tertiary/aromatic N) is 4. The minimum absolute atomic E-state index is 0.0881. The van der Waals surface area contributed by atoms with Gasteiger partial charge in [-0.3, -0.25) is 0 Å². The molecule has 2 aromatic rings. The molecule has 0 aliphatic heterocycles. The standard InChI is InChI=1S/C13H19N5/c1-8-5-9(2)13(10(3)6-8)11(14)7-12-15-17-18(4)16-12/h5-6,11H,7,14H2,1-4H3. The maximum absolute atomic E-state index is 6.27. The van der Waals surface area contributed by atoms with E-state index in [1.165, 1.54) is 27.1 Å². The van der Waals surface area contributed by atoms with Crippen LogP contribution < -0.4 is 5.73 Å². The molecule has 5 nitrogen and oxygen atoms in total. The van der Waals surface area contributed by atoms with Crippen molar-refractivity contribution in [3.8, 4) is 0 Å². The zero-order chi connectivity index (χ0) is 13.3. The van der Waals surface area contributed by atoms with E-state index in [2.05, 4.69) is 48.3 Å². The predicted octanol–water partition coefficient (Wildman–Crippen LogP) is 1.38. The molecule has 0 radical (unpaired) electrons. The quantitative estimate of drug-likeness (QED) is 0.887. The second-order valence-electron chi connectivity index (χ2n) is 4.82. The number of benzene rings is 1. The lowest BCUT2D eigenvalue weighted by Gasteiger charge is -2.17. The van der Waals surface area contributed by atoms with E-state index in [-0.39, 0.29) is 6.04 Å². The average molecular weight is 245 g/mol. The molecular formula is C13H19N5. The molecule has 5 heteroatoms. The Morgan fingerprint density at radius 2 is 1.83 bits per heavy atom. The molecule has 0 spiro atoms. The zero-order valence-electron chi connectivity index (χ0n) is 11.3. The van der Waals surface area contributed by atoms with E-state index in [0.717, 1.165) is 0 Å². The maximum Gasteiger partial charge on any atom is 0.176 e. The Bertz CT molecular complexity index is 535. The Balaban J connectivity index is 2.26. The van der Waals surface area contributed by atoms with Crippen molar-refractivity contribution in [2.75, 3.05) is 0 Å². The van der Waals surface area contributed by atoms with Crippen molar-refractivity contribution in [2.45, 2.75) is 33.2 Å². The number of hydrogen-bond acceptors (Lipinski definition) is 4. The van der Waals surface area contributed by atoms with Crippen LogP contribution in [-0.4, -0.2) is 20.2 Å². The first-order valence-electron chi connectivity index (χ1n) is 6.03. The van der Waals surface area contributed by atoms with E-state index in [9.17, 15) is 0 Å². The highest BCUT2D eigenvalue weighted by atomic mass is 15.6. The number of rotatable bonds is 3. The Morgan fingerprint density at radius 1 is 1.22 bits per heavy atom. The van der Waals surface area contributed by atoms with Gasteiger partial charge in [-0.15, -0.1) is 10.2 Å². The van der Waals surface area contributed by atoms with Crippen LogP contribution in [0.4, 0.5) is 0 Å². The summed E-state index contributed by atoms with van der Waals surface area (Å²) in [6.45, 7) is 6.29. The molecule has 0 saturated heterocycles. The second kappa shape index (κ2) is 4.86. The number of nitrogens with two attached hydrogens (primary N) is 1. The first-order valence-corrected chi connectivity index (χ1v) is 6.03. The van der Waals surface area contributed by atoms with Crippen LogP contribution in [0.15, 0.2) is 12.1 Å². The van der Waals surface area contributed by atoms with Crippen molar-refractivity contribution in [3.63, 3.8) is 0 Å². The Hall–Kier alpha value is -1.75. The van der Waals surface area contributed by atoms with Crippen LogP contribution in [0.5, 0.6) is 0 Å². The van der Waals surface area contributed by atoms with E-state index in [4.69, 9.17) is 5.73 Å². The highest BCUT2D eigenvalue weighted by Gasteiger charge is 2.15. The van der Waals surface area contributed by atoms with Gasteiger partial charge in [0.1, 0.15) is 0 Å². The third kappa shape index (κ3) is 2.56. The first-order chi connectivity index (χ1) is 8.47. The summed E-state index contributed by atoms with van der Waals surface area (Å²) in [6.07, 6.45) is 0.610. The normalized spacial score (nSPS) is 12.7. The molecule has 0 amide bonds. The molecule has 0 saturated carbocycles. The Labute approximate surface area is 107 Å². The fourth-order valence-corrected chi connectivity index (χ4v) is 2.48. The molecule has 2 rings (SSSR count). The molecule has 0 aliphatic rings. The highest BCUT2D eigenvalue weighted by molar-refractivity contribution is 5.39. The lowest BCUT2D eigenvalue weighted by Crippen LogP contribution is -2.17. The number of tetrazole rings is 1. The van der Waals surface area contributed by atoms with Crippen LogP contribution in [0.2, 0.25) is 0 Å². The molecule has 0 bridgehead atoms. The van der Waals surface area contributed by atoms with E-state index in [0.29, 0.717) is 12.2 Å². The van der Waals surface area contributed by atoms with Crippen LogP contribution in [0, 0.1) is 20.8 Å².